The molecule has 0 spiro atoms. The summed E-state index contributed by atoms with van der Waals surface area (Å²) in [4.78, 5) is 23.9. The van der Waals surface area contributed by atoms with Crippen molar-refractivity contribution in [2.45, 2.75) is 32.1 Å². The summed E-state index contributed by atoms with van der Waals surface area (Å²) in [6.45, 7) is 2.01. The Morgan fingerprint density at radius 2 is 2.00 bits per heavy atom. The van der Waals surface area contributed by atoms with Crippen LogP contribution in [0.5, 0.6) is 0 Å². The van der Waals surface area contributed by atoms with Gasteiger partial charge in [-0.15, -0.1) is 0 Å². The van der Waals surface area contributed by atoms with Gasteiger partial charge in [0.25, 0.3) is 0 Å². The molecule has 1 aliphatic rings. The van der Waals surface area contributed by atoms with Crippen LogP contribution < -0.4 is 10.9 Å². The second-order valence-electron chi connectivity index (χ2n) is 6.09. The number of nitrogens with one attached hydrogen (secondary N) is 2. The van der Waals surface area contributed by atoms with Crippen molar-refractivity contribution in [1.29, 1.82) is 0 Å². The number of rotatable bonds is 5. The Hall–Kier alpha value is -2.82. The van der Waals surface area contributed by atoms with E-state index in [1.165, 1.54) is 0 Å². The number of aryl methyl sites for hydroxylation is 1. The molecule has 3 rings (SSSR count). The number of allylic oxidation sites excluding steroid dienone is 2. The number of carbonyl (C=O) groups is 2. The largest absolute Gasteiger partial charge is 0.469 e. The second-order valence-corrected chi connectivity index (χ2v) is 6.09. The predicted octanol–water partition coefficient (Wildman–Crippen LogP) is 2.78. The van der Waals surface area contributed by atoms with Crippen molar-refractivity contribution in [3.8, 4) is 0 Å². The van der Waals surface area contributed by atoms with Crippen LogP contribution in [0, 0.1) is 6.92 Å². The van der Waals surface area contributed by atoms with Gasteiger partial charge >= 0.3 is 0 Å². The highest BCUT2D eigenvalue weighted by atomic mass is 16.3. The lowest BCUT2D eigenvalue weighted by Gasteiger charge is -2.21. The lowest BCUT2D eigenvalue weighted by atomic mass is 9.89. The van der Waals surface area contributed by atoms with Gasteiger partial charge in [-0.25, -0.2) is 0 Å². The van der Waals surface area contributed by atoms with E-state index in [0.717, 1.165) is 16.9 Å². The average molecular weight is 324 g/mol. The molecule has 5 heteroatoms. The van der Waals surface area contributed by atoms with Crippen LogP contribution >= 0.6 is 0 Å². The number of amides is 1. The van der Waals surface area contributed by atoms with Gasteiger partial charge < -0.3 is 9.84 Å². The van der Waals surface area contributed by atoms with E-state index in [9.17, 15) is 9.59 Å². The Bertz CT molecular complexity index is 745. The molecule has 5 nitrogen and oxygen atoms in total. The van der Waals surface area contributed by atoms with Gasteiger partial charge in [0.2, 0.25) is 5.91 Å². The monoisotopic (exact) mass is 324 g/mol. The maximum atomic E-state index is 12.0. The number of hydrazine groups is 1. The fraction of sp³-hybridized carbons (Fsp3) is 0.263. The van der Waals surface area contributed by atoms with E-state index < -0.39 is 0 Å². The molecule has 1 unspecified atom stereocenters. The zero-order valence-electron chi connectivity index (χ0n) is 13.5. The summed E-state index contributed by atoms with van der Waals surface area (Å²) in [5, 5.41) is 0. The Balaban J connectivity index is 1.54. The Labute approximate surface area is 140 Å². The third-order valence-electron chi connectivity index (χ3n) is 4.04. The molecule has 24 heavy (non-hydrogen) atoms. The number of ketones is 1. The molecule has 0 saturated carbocycles. The summed E-state index contributed by atoms with van der Waals surface area (Å²) in [6, 6.07) is 11.5. The first kappa shape index (κ1) is 16.1. The lowest BCUT2D eigenvalue weighted by molar-refractivity contribution is -0.121. The topological polar surface area (TPSA) is 71.3 Å². The predicted molar refractivity (Wildman–Crippen MR) is 89.9 cm³/mol. The van der Waals surface area contributed by atoms with Crippen molar-refractivity contribution < 1.29 is 14.0 Å². The number of hydrogen-bond acceptors (Lipinski definition) is 4. The molecule has 1 aromatic carbocycles. The normalized spacial score (nSPS) is 17.3. The summed E-state index contributed by atoms with van der Waals surface area (Å²) in [5.41, 5.74) is 8.34. The molecular formula is C19H20N2O3. The highest BCUT2D eigenvalue weighted by Crippen LogP contribution is 2.30. The molecule has 2 N–H and O–H groups in total. The second kappa shape index (κ2) is 7.17. The van der Waals surface area contributed by atoms with E-state index in [-0.39, 0.29) is 24.0 Å². The summed E-state index contributed by atoms with van der Waals surface area (Å²) in [6.07, 6.45) is 4.50. The Morgan fingerprint density at radius 3 is 2.71 bits per heavy atom. The van der Waals surface area contributed by atoms with E-state index in [4.69, 9.17) is 4.42 Å². The van der Waals surface area contributed by atoms with Gasteiger partial charge in [-0.2, -0.15) is 0 Å². The molecule has 0 radical (unpaired) electrons. The standard InChI is InChI=1S/C19H20N2O3/c1-13-4-6-14(7-5-13)9-19(23)21-20-16-10-15(11-17(22)12-16)18-3-2-8-24-18/h2-8,12,15,20H,9-11H2,1H3,(H,21,23). The van der Waals surface area contributed by atoms with Gasteiger partial charge in [-0.1, -0.05) is 29.8 Å². The van der Waals surface area contributed by atoms with Gasteiger partial charge in [0.15, 0.2) is 5.78 Å². The minimum atomic E-state index is -0.146. The third-order valence-corrected chi connectivity index (χ3v) is 4.04. The van der Waals surface area contributed by atoms with Crippen LogP contribution in [-0.4, -0.2) is 11.7 Å². The molecule has 0 aliphatic heterocycles. The smallest absolute Gasteiger partial charge is 0.242 e. The number of hydrogen-bond donors (Lipinski definition) is 2. The van der Waals surface area contributed by atoms with Gasteiger partial charge in [0.1, 0.15) is 5.76 Å². The molecule has 1 heterocycles. The Morgan fingerprint density at radius 1 is 1.21 bits per heavy atom. The zero-order chi connectivity index (χ0) is 16.9. The number of carbonyl (C=O) groups excluding carboxylic acids is 2. The van der Waals surface area contributed by atoms with Crippen molar-refractivity contribution in [2.24, 2.45) is 0 Å². The van der Waals surface area contributed by atoms with Crippen LogP contribution in [0.3, 0.4) is 0 Å². The van der Waals surface area contributed by atoms with Crippen LogP contribution in [-0.2, 0) is 16.0 Å². The summed E-state index contributed by atoms with van der Waals surface area (Å²) < 4.78 is 5.39. The van der Waals surface area contributed by atoms with Crippen molar-refractivity contribution in [1.82, 2.24) is 10.9 Å². The van der Waals surface area contributed by atoms with Crippen LogP contribution in [0.1, 0.15) is 35.6 Å². The molecular weight excluding hydrogens is 304 g/mol. The van der Waals surface area contributed by atoms with Crippen LogP contribution in [0.4, 0.5) is 0 Å². The van der Waals surface area contributed by atoms with E-state index in [1.807, 2.05) is 43.3 Å². The van der Waals surface area contributed by atoms with Gasteiger partial charge in [0, 0.05) is 24.1 Å². The Kier molecular flexibility index (Phi) is 4.79. The molecule has 2 aromatic rings. The van der Waals surface area contributed by atoms with Crippen molar-refractivity contribution in [3.63, 3.8) is 0 Å². The summed E-state index contributed by atoms with van der Waals surface area (Å²) >= 11 is 0. The van der Waals surface area contributed by atoms with E-state index in [2.05, 4.69) is 10.9 Å². The highest BCUT2D eigenvalue weighted by molar-refractivity contribution is 5.92. The molecule has 1 aliphatic carbocycles. The first-order valence-electron chi connectivity index (χ1n) is 7.97. The molecule has 0 bridgehead atoms. The SMILES string of the molecule is Cc1ccc(CC(=O)NNC2=CC(=O)CC(c3ccco3)C2)cc1. The van der Waals surface area contributed by atoms with Crippen LogP contribution in [0.2, 0.25) is 0 Å². The highest BCUT2D eigenvalue weighted by Gasteiger charge is 2.24. The fourth-order valence-corrected chi connectivity index (χ4v) is 2.79. The number of furan rings is 1. The summed E-state index contributed by atoms with van der Waals surface area (Å²) in [7, 11) is 0. The lowest BCUT2D eigenvalue weighted by Crippen LogP contribution is -2.39. The minimum Gasteiger partial charge on any atom is -0.469 e. The van der Waals surface area contributed by atoms with Crippen molar-refractivity contribution in [2.75, 3.05) is 0 Å². The third kappa shape index (κ3) is 4.13. The molecule has 1 atom stereocenters. The van der Waals surface area contributed by atoms with Gasteiger partial charge in [-0.3, -0.25) is 15.0 Å². The first-order valence-corrected chi connectivity index (χ1v) is 7.97. The van der Waals surface area contributed by atoms with Crippen molar-refractivity contribution >= 4 is 11.7 Å². The van der Waals surface area contributed by atoms with Crippen molar-refractivity contribution in [3.05, 3.63) is 71.3 Å². The molecule has 1 amide bonds. The number of benzene rings is 1. The molecule has 124 valence electrons. The quantitative estimate of drug-likeness (QED) is 0.830. The van der Waals surface area contributed by atoms with E-state index >= 15 is 0 Å². The maximum absolute atomic E-state index is 12.0. The fourth-order valence-electron chi connectivity index (χ4n) is 2.79. The molecule has 1 aromatic heterocycles. The zero-order valence-corrected chi connectivity index (χ0v) is 13.5. The van der Waals surface area contributed by atoms with Crippen LogP contribution in [0.25, 0.3) is 0 Å². The molecule has 0 fully saturated rings. The first-order chi connectivity index (χ1) is 11.6. The van der Waals surface area contributed by atoms with Gasteiger partial charge in [-0.05, 0) is 31.0 Å². The minimum absolute atomic E-state index is 0.00833. The average Bonchev–Trinajstić information content (AvgIpc) is 3.09. The molecule has 0 saturated heterocycles. The van der Waals surface area contributed by atoms with E-state index in [0.29, 0.717) is 18.5 Å². The maximum Gasteiger partial charge on any atom is 0.242 e. The van der Waals surface area contributed by atoms with Crippen LogP contribution in [0.15, 0.2) is 58.9 Å². The van der Waals surface area contributed by atoms with E-state index in [1.54, 1.807) is 12.3 Å². The van der Waals surface area contributed by atoms with Gasteiger partial charge in [0.05, 0.1) is 12.7 Å². The summed E-state index contributed by atoms with van der Waals surface area (Å²) in [5.74, 6) is 0.681.